The molecule has 1 aromatic carbocycles. The monoisotopic (exact) mass is 384 g/mol. The van der Waals surface area contributed by atoms with Crippen molar-refractivity contribution in [3.05, 3.63) is 34.9 Å². The van der Waals surface area contributed by atoms with Crippen LogP contribution in [0.4, 0.5) is 0 Å². The molecule has 0 aromatic heterocycles. The minimum Gasteiger partial charge on any atom is -0.351 e. The summed E-state index contributed by atoms with van der Waals surface area (Å²) in [5.41, 5.74) is 0.487. The normalized spacial score (nSPS) is 24.2. The second-order valence-corrected chi connectivity index (χ2v) is 9.65. The lowest BCUT2D eigenvalue weighted by atomic mass is 9.77. The molecule has 3 rings (SSSR count). The van der Waals surface area contributed by atoms with Crippen LogP contribution in [0.2, 0.25) is 5.02 Å². The van der Waals surface area contributed by atoms with E-state index in [0.717, 1.165) is 44.1 Å². The minimum absolute atomic E-state index is 0.0210. The van der Waals surface area contributed by atoms with E-state index in [1.165, 1.54) is 10.6 Å². The van der Waals surface area contributed by atoms with E-state index in [0.29, 0.717) is 18.1 Å². The van der Waals surface area contributed by atoms with Gasteiger partial charge in [-0.3, -0.25) is 4.79 Å². The fourth-order valence-corrected chi connectivity index (χ4v) is 5.12. The average molecular weight is 385 g/mol. The van der Waals surface area contributed by atoms with E-state index in [-0.39, 0.29) is 11.9 Å². The van der Waals surface area contributed by atoms with Crippen LogP contribution in [0.25, 0.3) is 0 Å². The first-order valence-corrected chi connectivity index (χ1v) is 11.1. The third kappa shape index (κ3) is 4.01. The van der Waals surface area contributed by atoms with Gasteiger partial charge in [0, 0.05) is 24.2 Å². The van der Waals surface area contributed by atoms with E-state index in [4.69, 9.17) is 11.6 Å². The van der Waals surface area contributed by atoms with E-state index in [9.17, 15) is 13.2 Å². The SMILES string of the molecule is CS(=O)(=O)N1CCCC(NC(=O)C2(c3ccc(Cl)cc3)CCCC2)C1. The summed E-state index contributed by atoms with van der Waals surface area (Å²) in [6, 6.07) is 7.42. The number of benzene rings is 1. The highest BCUT2D eigenvalue weighted by Crippen LogP contribution is 2.42. The summed E-state index contributed by atoms with van der Waals surface area (Å²) in [5.74, 6) is 0.0210. The van der Waals surface area contributed by atoms with Gasteiger partial charge >= 0.3 is 0 Å². The number of piperidine rings is 1. The largest absolute Gasteiger partial charge is 0.351 e. The summed E-state index contributed by atoms with van der Waals surface area (Å²) in [4.78, 5) is 13.2. The van der Waals surface area contributed by atoms with Crippen LogP contribution in [0.3, 0.4) is 0 Å². The fourth-order valence-electron chi connectivity index (χ4n) is 4.08. The Balaban J connectivity index is 1.77. The van der Waals surface area contributed by atoms with Crippen LogP contribution < -0.4 is 5.32 Å². The fraction of sp³-hybridized carbons (Fsp3) is 0.611. The first kappa shape index (κ1) is 18.7. The molecule has 1 aliphatic heterocycles. The Morgan fingerprint density at radius 1 is 1.20 bits per heavy atom. The van der Waals surface area contributed by atoms with Crippen LogP contribution in [0, 0.1) is 0 Å². The molecule has 1 atom stereocenters. The van der Waals surface area contributed by atoms with Crippen molar-refractivity contribution in [1.82, 2.24) is 9.62 Å². The Morgan fingerprint density at radius 3 is 2.44 bits per heavy atom. The second kappa shape index (κ2) is 7.25. The lowest BCUT2D eigenvalue weighted by Crippen LogP contribution is -2.53. The Kier molecular flexibility index (Phi) is 5.42. The predicted molar refractivity (Wildman–Crippen MR) is 99.2 cm³/mol. The molecular formula is C18H25ClN2O3S. The van der Waals surface area contributed by atoms with Crippen molar-refractivity contribution in [2.24, 2.45) is 0 Å². The maximum atomic E-state index is 13.2. The molecule has 1 saturated heterocycles. The van der Waals surface area contributed by atoms with Crippen molar-refractivity contribution < 1.29 is 13.2 Å². The number of sulfonamides is 1. The van der Waals surface area contributed by atoms with Gasteiger partial charge in [0.05, 0.1) is 11.7 Å². The summed E-state index contributed by atoms with van der Waals surface area (Å²) >= 11 is 5.99. The number of carbonyl (C=O) groups excluding carboxylic acids is 1. The highest BCUT2D eigenvalue weighted by Gasteiger charge is 2.43. The summed E-state index contributed by atoms with van der Waals surface area (Å²) < 4.78 is 25.0. The van der Waals surface area contributed by atoms with Crippen LogP contribution in [0.1, 0.15) is 44.1 Å². The predicted octanol–water partition coefficient (Wildman–Crippen LogP) is 2.69. The molecule has 2 fully saturated rings. The number of hydrogen-bond acceptors (Lipinski definition) is 3. The first-order valence-electron chi connectivity index (χ1n) is 8.83. The molecule has 1 aliphatic carbocycles. The molecule has 0 spiro atoms. The van der Waals surface area contributed by atoms with Crippen molar-refractivity contribution in [1.29, 1.82) is 0 Å². The van der Waals surface area contributed by atoms with Gasteiger partial charge in [-0.25, -0.2) is 12.7 Å². The van der Waals surface area contributed by atoms with Gasteiger partial charge in [0.2, 0.25) is 15.9 Å². The molecule has 1 saturated carbocycles. The Hall–Kier alpha value is -1.11. The van der Waals surface area contributed by atoms with Gasteiger partial charge in [-0.15, -0.1) is 0 Å². The van der Waals surface area contributed by atoms with Crippen molar-refractivity contribution in [2.45, 2.75) is 50.0 Å². The number of rotatable bonds is 4. The molecule has 0 radical (unpaired) electrons. The molecule has 1 N–H and O–H groups in total. The molecule has 7 heteroatoms. The van der Waals surface area contributed by atoms with Gasteiger partial charge in [-0.2, -0.15) is 0 Å². The number of nitrogens with one attached hydrogen (secondary N) is 1. The molecule has 1 aromatic rings. The molecule has 138 valence electrons. The van der Waals surface area contributed by atoms with Crippen LogP contribution in [-0.4, -0.2) is 44.0 Å². The Bertz CT molecular complexity index is 727. The third-order valence-electron chi connectivity index (χ3n) is 5.48. The lowest BCUT2D eigenvalue weighted by Gasteiger charge is -2.35. The lowest BCUT2D eigenvalue weighted by molar-refractivity contribution is -0.127. The quantitative estimate of drug-likeness (QED) is 0.867. The van der Waals surface area contributed by atoms with Gasteiger partial charge in [0.25, 0.3) is 0 Å². The van der Waals surface area contributed by atoms with E-state index in [2.05, 4.69) is 5.32 Å². The number of carbonyl (C=O) groups is 1. The van der Waals surface area contributed by atoms with Crippen molar-refractivity contribution in [2.75, 3.05) is 19.3 Å². The summed E-state index contributed by atoms with van der Waals surface area (Å²) in [5, 5.41) is 3.80. The molecule has 1 amide bonds. The zero-order valence-corrected chi connectivity index (χ0v) is 16.1. The molecule has 0 bridgehead atoms. The van der Waals surface area contributed by atoms with E-state index in [1.807, 2.05) is 24.3 Å². The molecule has 1 unspecified atom stereocenters. The Labute approximate surface area is 154 Å². The summed E-state index contributed by atoms with van der Waals surface area (Å²) in [6.45, 7) is 0.898. The first-order chi connectivity index (χ1) is 11.8. The minimum atomic E-state index is -3.22. The van der Waals surface area contributed by atoms with Crippen LogP contribution in [0.15, 0.2) is 24.3 Å². The van der Waals surface area contributed by atoms with Crippen molar-refractivity contribution in [3.8, 4) is 0 Å². The van der Waals surface area contributed by atoms with Crippen LogP contribution in [0.5, 0.6) is 0 Å². The van der Waals surface area contributed by atoms with E-state index < -0.39 is 15.4 Å². The molecule has 5 nitrogen and oxygen atoms in total. The number of halogens is 1. The average Bonchev–Trinajstić information content (AvgIpc) is 3.06. The number of amides is 1. The van der Waals surface area contributed by atoms with Gasteiger partial charge in [0.15, 0.2) is 0 Å². The van der Waals surface area contributed by atoms with Gasteiger partial charge in [-0.1, -0.05) is 36.6 Å². The number of hydrogen-bond donors (Lipinski definition) is 1. The summed E-state index contributed by atoms with van der Waals surface area (Å²) in [6.07, 6.45) is 6.50. The molecule has 2 aliphatic rings. The Morgan fingerprint density at radius 2 is 1.84 bits per heavy atom. The highest BCUT2D eigenvalue weighted by molar-refractivity contribution is 7.88. The van der Waals surface area contributed by atoms with E-state index in [1.54, 1.807) is 0 Å². The van der Waals surface area contributed by atoms with E-state index >= 15 is 0 Å². The smallest absolute Gasteiger partial charge is 0.230 e. The third-order valence-corrected chi connectivity index (χ3v) is 7.00. The van der Waals surface area contributed by atoms with Crippen molar-refractivity contribution >= 4 is 27.5 Å². The maximum Gasteiger partial charge on any atom is 0.230 e. The summed E-state index contributed by atoms with van der Waals surface area (Å²) in [7, 11) is -3.22. The molecule has 25 heavy (non-hydrogen) atoms. The highest BCUT2D eigenvalue weighted by atomic mass is 35.5. The van der Waals surface area contributed by atoms with Crippen LogP contribution >= 0.6 is 11.6 Å². The topological polar surface area (TPSA) is 66.5 Å². The van der Waals surface area contributed by atoms with Crippen LogP contribution in [-0.2, 0) is 20.2 Å². The zero-order valence-electron chi connectivity index (χ0n) is 14.5. The second-order valence-electron chi connectivity index (χ2n) is 7.23. The van der Waals surface area contributed by atoms with Crippen molar-refractivity contribution in [3.63, 3.8) is 0 Å². The van der Waals surface area contributed by atoms with Gasteiger partial charge in [-0.05, 0) is 43.4 Å². The maximum absolute atomic E-state index is 13.2. The zero-order chi connectivity index (χ0) is 18.1. The molecule has 1 heterocycles. The van der Waals surface area contributed by atoms with Gasteiger partial charge in [0.1, 0.15) is 0 Å². The van der Waals surface area contributed by atoms with Gasteiger partial charge < -0.3 is 5.32 Å². The number of nitrogens with zero attached hydrogens (tertiary/aromatic N) is 1. The molecular weight excluding hydrogens is 360 g/mol. The standard InChI is InChI=1S/C18H25ClN2O3S/c1-25(23,24)21-12-4-5-16(13-21)20-17(22)18(10-2-3-11-18)14-6-8-15(19)9-7-14/h6-9,16H,2-5,10-13H2,1H3,(H,20,22).